The zero-order chi connectivity index (χ0) is 18.3. The van der Waals surface area contributed by atoms with Gasteiger partial charge in [-0.1, -0.05) is 0 Å². The number of rotatable bonds is 3. The summed E-state index contributed by atoms with van der Waals surface area (Å²) in [5.41, 5.74) is 0.343. The fourth-order valence-corrected chi connectivity index (χ4v) is 4.71. The molecule has 1 amide bonds. The predicted molar refractivity (Wildman–Crippen MR) is 103 cm³/mol. The normalized spacial score (nSPS) is 21.2. The van der Waals surface area contributed by atoms with Crippen molar-refractivity contribution >= 4 is 44.9 Å². The van der Waals surface area contributed by atoms with E-state index < -0.39 is 5.54 Å². The monoisotopic (exact) mass is 395 g/mol. The molecule has 2 saturated heterocycles. The minimum Gasteiger partial charge on any atom is -0.378 e. The van der Waals surface area contributed by atoms with Gasteiger partial charge < -0.3 is 15.0 Å². The summed E-state index contributed by atoms with van der Waals surface area (Å²) in [7, 11) is 0. The lowest BCUT2D eigenvalue weighted by molar-refractivity contribution is -0.135. The third-order valence-corrected chi connectivity index (χ3v) is 6.32. The Bertz CT molecular complexity index is 834. The number of ether oxygens (including phenoxy) is 1. The quantitative estimate of drug-likeness (QED) is 0.800. The Kier molecular flexibility index (Phi) is 4.77. The van der Waals surface area contributed by atoms with Gasteiger partial charge in [0.2, 0.25) is 11.2 Å². The van der Waals surface area contributed by atoms with Crippen LogP contribution in [0.25, 0.3) is 10.2 Å². The number of nitrogens with one attached hydrogen (secondary N) is 1. The Hall–Kier alpha value is -1.48. The summed E-state index contributed by atoms with van der Waals surface area (Å²) in [4.78, 5) is 26.7. The van der Waals surface area contributed by atoms with E-state index in [9.17, 15) is 4.79 Å². The minimum atomic E-state index is -0.523. The van der Waals surface area contributed by atoms with E-state index >= 15 is 0 Å². The first-order valence-electron chi connectivity index (χ1n) is 8.77. The van der Waals surface area contributed by atoms with Crippen LogP contribution in [-0.2, 0) is 16.1 Å². The van der Waals surface area contributed by atoms with Crippen LogP contribution in [0.1, 0.15) is 18.7 Å². The van der Waals surface area contributed by atoms with Crippen molar-refractivity contribution in [2.75, 3.05) is 44.3 Å². The van der Waals surface area contributed by atoms with Crippen molar-refractivity contribution in [3.05, 3.63) is 16.2 Å². The molecule has 0 bridgehead atoms. The molecule has 4 heterocycles. The summed E-state index contributed by atoms with van der Waals surface area (Å²) in [6.45, 7) is 9.13. The maximum absolute atomic E-state index is 12.2. The lowest BCUT2D eigenvalue weighted by Crippen LogP contribution is -2.61. The number of piperazine rings is 1. The highest BCUT2D eigenvalue weighted by atomic mass is 35.5. The largest absolute Gasteiger partial charge is 0.378 e. The number of anilines is 1. The number of carbonyl (C=O) groups is 1. The smallest absolute Gasteiger partial charge is 0.240 e. The van der Waals surface area contributed by atoms with Gasteiger partial charge in [0, 0.05) is 37.6 Å². The predicted octanol–water partition coefficient (Wildman–Crippen LogP) is 1.89. The number of amides is 1. The lowest BCUT2D eigenvalue weighted by atomic mass is 9.99. The molecule has 7 nitrogen and oxygen atoms in total. The fourth-order valence-electron chi connectivity index (χ4n) is 3.41. The summed E-state index contributed by atoms with van der Waals surface area (Å²) >= 11 is 7.85. The van der Waals surface area contributed by atoms with E-state index in [4.69, 9.17) is 16.3 Å². The van der Waals surface area contributed by atoms with Gasteiger partial charge in [-0.3, -0.25) is 9.69 Å². The van der Waals surface area contributed by atoms with Crippen molar-refractivity contribution in [2.45, 2.75) is 25.9 Å². The van der Waals surface area contributed by atoms with E-state index in [2.05, 4.69) is 31.2 Å². The molecule has 140 valence electrons. The first-order valence-corrected chi connectivity index (χ1v) is 9.96. The molecule has 0 aliphatic carbocycles. The molecular formula is C17H22ClN5O2S. The van der Waals surface area contributed by atoms with Crippen LogP contribution in [0.2, 0.25) is 5.28 Å². The first kappa shape index (κ1) is 17.9. The molecule has 2 aliphatic heterocycles. The number of morpholine rings is 1. The summed E-state index contributed by atoms with van der Waals surface area (Å²) in [5, 5.41) is 3.20. The molecule has 1 N–H and O–H groups in total. The van der Waals surface area contributed by atoms with Gasteiger partial charge in [0.05, 0.1) is 29.0 Å². The van der Waals surface area contributed by atoms with Crippen LogP contribution < -0.4 is 10.2 Å². The molecule has 9 heteroatoms. The number of thiophene rings is 1. The van der Waals surface area contributed by atoms with Crippen molar-refractivity contribution in [3.8, 4) is 0 Å². The fraction of sp³-hybridized carbons (Fsp3) is 0.588. The molecule has 0 unspecified atom stereocenters. The number of nitrogens with zero attached hydrogens (tertiary/aromatic N) is 4. The first-order chi connectivity index (χ1) is 12.4. The molecule has 2 fully saturated rings. The number of fused-ring (bicyclic) bond motifs is 1. The maximum atomic E-state index is 12.2. The van der Waals surface area contributed by atoms with E-state index in [-0.39, 0.29) is 11.2 Å². The van der Waals surface area contributed by atoms with Crippen LogP contribution >= 0.6 is 22.9 Å². The summed E-state index contributed by atoms with van der Waals surface area (Å²) in [6, 6.07) is 2.07. The summed E-state index contributed by atoms with van der Waals surface area (Å²) in [5.74, 6) is 0.955. The van der Waals surface area contributed by atoms with Gasteiger partial charge in [-0.15, -0.1) is 11.3 Å². The number of carbonyl (C=O) groups excluding carboxylic acids is 1. The second-order valence-electron chi connectivity index (χ2n) is 7.08. The Labute approximate surface area is 161 Å². The van der Waals surface area contributed by atoms with Gasteiger partial charge in [0.15, 0.2) is 5.82 Å². The van der Waals surface area contributed by atoms with Gasteiger partial charge in [0.1, 0.15) is 0 Å². The molecule has 0 atom stereocenters. The van der Waals surface area contributed by atoms with Crippen LogP contribution in [0, 0.1) is 0 Å². The number of hydrogen-bond donors (Lipinski definition) is 1. The summed E-state index contributed by atoms with van der Waals surface area (Å²) < 4.78 is 6.49. The standard InChI is InChI=1S/C17H22ClN5O2S/c1-17(2)15(24)19-3-4-23(17)10-11-9-12-13(26-11)14(21-16(18)20-12)22-5-7-25-8-6-22/h9H,3-8,10H2,1-2H3,(H,19,24). The Morgan fingerprint density at radius 1 is 1.31 bits per heavy atom. The van der Waals surface area contributed by atoms with E-state index in [1.807, 2.05) is 13.8 Å². The van der Waals surface area contributed by atoms with Gasteiger partial charge in [-0.05, 0) is 31.5 Å². The van der Waals surface area contributed by atoms with E-state index in [0.29, 0.717) is 26.3 Å². The SMILES string of the molecule is CC1(C)C(=O)NCCN1Cc1cc2nc(Cl)nc(N3CCOCC3)c2s1. The molecule has 0 spiro atoms. The molecule has 2 aromatic heterocycles. The highest BCUT2D eigenvalue weighted by Crippen LogP contribution is 2.35. The Morgan fingerprint density at radius 3 is 2.85 bits per heavy atom. The summed E-state index contributed by atoms with van der Waals surface area (Å²) in [6.07, 6.45) is 0. The Morgan fingerprint density at radius 2 is 2.08 bits per heavy atom. The van der Waals surface area contributed by atoms with Gasteiger partial charge in [0.25, 0.3) is 0 Å². The van der Waals surface area contributed by atoms with Crippen LogP contribution in [-0.4, -0.2) is 65.7 Å². The van der Waals surface area contributed by atoms with Crippen LogP contribution in [0.4, 0.5) is 5.82 Å². The zero-order valence-corrected chi connectivity index (χ0v) is 16.5. The lowest BCUT2D eigenvalue weighted by Gasteiger charge is -2.40. The molecule has 26 heavy (non-hydrogen) atoms. The molecule has 0 radical (unpaired) electrons. The average molecular weight is 396 g/mol. The zero-order valence-electron chi connectivity index (χ0n) is 14.9. The third-order valence-electron chi connectivity index (χ3n) is 5.05. The van der Waals surface area contributed by atoms with Crippen molar-refractivity contribution < 1.29 is 9.53 Å². The van der Waals surface area contributed by atoms with Crippen LogP contribution in [0.3, 0.4) is 0 Å². The van der Waals surface area contributed by atoms with Crippen molar-refractivity contribution in [3.63, 3.8) is 0 Å². The van der Waals surface area contributed by atoms with Gasteiger partial charge in [-0.2, -0.15) is 4.98 Å². The highest BCUT2D eigenvalue weighted by Gasteiger charge is 2.37. The number of hydrogen-bond acceptors (Lipinski definition) is 7. The van der Waals surface area contributed by atoms with Crippen molar-refractivity contribution in [1.29, 1.82) is 0 Å². The van der Waals surface area contributed by atoms with E-state index in [1.165, 1.54) is 0 Å². The van der Waals surface area contributed by atoms with E-state index in [0.717, 1.165) is 40.5 Å². The molecular weight excluding hydrogens is 374 g/mol. The second-order valence-corrected chi connectivity index (χ2v) is 8.55. The van der Waals surface area contributed by atoms with Gasteiger partial charge >= 0.3 is 0 Å². The van der Waals surface area contributed by atoms with Gasteiger partial charge in [-0.25, -0.2) is 4.98 Å². The molecule has 2 aromatic rings. The van der Waals surface area contributed by atoms with E-state index in [1.54, 1.807) is 11.3 Å². The number of aromatic nitrogens is 2. The number of halogens is 1. The third kappa shape index (κ3) is 3.26. The average Bonchev–Trinajstić information content (AvgIpc) is 3.01. The van der Waals surface area contributed by atoms with Crippen molar-refractivity contribution in [1.82, 2.24) is 20.2 Å². The molecule has 2 aliphatic rings. The van der Waals surface area contributed by atoms with Crippen molar-refractivity contribution in [2.24, 2.45) is 0 Å². The molecule has 4 rings (SSSR count). The van der Waals surface area contributed by atoms with Crippen LogP contribution in [0.15, 0.2) is 6.07 Å². The topological polar surface area (TPSA) is 70.6 Å². The second kappa shape index (κ2) is 6.92. The Balaban J connectivity index is 1.66. The maximum Gasteiger partial charge on any atom is 0.240 e. The molecule has 0 aromatic carbocycles. The molecule has 0 saturated carbocycles. The van der Waals surface area contributed by atoms with Crippen LogP contribution in [0.5, 0.6) is 0 Å². The highest BCUT2D eigenvalue weighted by molar-refractivity contribution is 7.19. The minimum absolute atomic E-state index is 0.0710.